The summed E-state index contributed by atoms with van der Waals surface area (Å²) in [7, 11) is 0. The van der Waals surface area contributed by atoms with E-state index in [1.54, 1.807) is 0 Å². The number of nitrogens with one attached hydrogen (secondary N) is 2. The van der Waals surface area contributed by atoms with Gasteiger partial charge in [0.05, 0.1) is 11.2 Å². The van der Waals surface area contributed by atoms with Crippen LogP contribution in [-0.4, -0.2) is 31.2 Å². The van der Waals surface area contributed by atoms with E-state index in [0.717, 1.165) is 38.1 Å². The molecule has 0 radical (unpaired) electrons. The van der Waals surface area contributed by atoms with Crippen molar-refractivity contribution in [3.05, 3.63) is 29.8 Å². The molecule has 4 nitrogen and oxygen atoms in total. The smallest absolute Gasteiger partial charge is 0.253 e. The van der Waals surface area contributed by atoms with Gasteiger partial charge in [-0.3, -0.25) is 4.79 Å². The fourth-order valence-electron chi connectivity index (χ4n) is 2.43. The van der Waals surface area contributed by atoms with Gasteiger partial charge in [-0.2, -0.15) is 0 Å². The predicted octanol–water partition coefficient (Wildman–Crippen LogP) is 2.81. The number of amides is 1. The fourth-order valence-corrected chi connectivity index (χ4v) is 2.43. The van der Waals surface area contributed by atoms with Gasteiger partial charge in [-0.1, -0.05) is 19.1 Å². The van der Waals surface area contributed by atoms with Crippen LogP contribution in [0.3, 0.4) is 0 Å². The Morgan fingerprint density at radius 3 is 2.90 bits per heavy atom. The molecule has 1 fully saturated rings. The predicted molar refractivity (Wildman–Crippen MR) is 81.1 cm³/mol. The third-order valence-electron chi connectivity index (χ3n) is 3.66. The van der Waals surface area contributed by atoms with E-state index in [1.807, 2.05) is 24.3 Å². The maximum Gasteiger partial charge on any atom is 0.253 e. The van der Waals surface area contributed by atoms with Gasteiger partial charge in [0.2, 0.25) is 0 Å². The molecule has 1 amide bonds. The maximum atomic E-state index is 12.3. The van der Waals surface area contributed by atoms with Crippen molar-refractivity contribution in [1.29, 1.82) is 0 Å². The second-order valence-electron chi connectivity index (χ2n) is 5.56. The first-order valence-electron chi connectivity index (χ1n) is 7.40. The van der Waals surface area contributed by atoms with Crippen LogP contribution < -0.4 is 10.6 Å². The molecule has 2 N–H and O–H groups in total. The second kappa shape index (κ2) is 6.75. The largest absolute Gasteiger partial charge is 0.384 e. The average molecular weight is 276 g/mol. The van der Waals surface area contributed by atoms with Crippen LogP contribution in [0.4, 0.5) is 5.69 Å². The number of hydrogen-bond acceptors (Lipinski definition) is 3. The van der Waals surface area contributed by atoms with Gasteiger partial charge in [-0.15, -0.1) is 0 Å². The minimum Gasteiger partial charge on any atom is -0.384 e. The summed E-state index contributed by atoms with van der Waals surface area (Å²) in [5.74, 6) is -0.0408. The molecule has 2 rings (SSSR count). The zero-order chi connectivity index (χ0) is 14.4. The van der Waals surface area contributed by atoms with Gasteiger partial charge in [0.25, 0.3) is 5.91 Å². The molecule has 1 aromatic carbocycles. The summed E-state index contributed by atoms with van der Waals surface area (Å²) in [5, 5.41) is 6.28. The average Bonchev–Trinajstić information content (AvgIpc) is 2.90. The monoisotopic (exact) mass is 276 g/mol. The van der Waals surface area contributed by atoms with Crippen molar-refractivity contribution in [1.82, 2.24) is 5.32 Å². The van der Waals surface area contributed by atoms with Crippen molar-refractivity contribution in [2.75, 3.05) is 25.0 Å². The lowest BCUT2D eigenvalue weighted by molar-refractivity contribution is 0.0206. The Balaban J connectivity index is 1.98. The molecule has 4 heteroatoms. The molecule has 1 saturated heterocycles. The molecular formula is C16H24N2O2. The number of hydrogen-bond donors (Lipinski definition) is 2. The number of rotatable bonds is 6. The Hall–Kier alpha value is -1.55. The first-order valence-corrected chi connectivity index (χ1v) is 7.40. The lowest BCUT2D eigenvalue weighted by Crippen LogP contribution is -2.40. The van der Waals surface area contributed by atoms with E-state index in [0.29, 0.717) is 12.1 Å². The first kappa shape index (κ1) is 14.9. The Labute approximate surface area is 120 Å². The standard InChI is InChI=1S/C16H24N2O2/c1-3-10-17-14-8-5-4-7-13(14)15(19)18-12-16(2)9-6-11-20-16/h4-5,7-8,17H,3,6,9-12H2,1-2H3,(H,18,19). The van der Waals surface area contributed by atoms with Gasteiger partial charge in [0.15, 0.2) is 0 Å². The second-order valence-corrected chi connectivity index (χ2v) is 5.56. The number of carbonyl (C=O) groups excluding carboxylic acids is 1. The number of para-hydroxylation sites is 1. The SMILES string of the molecule is CCCNc1ccccc1C(=O)NCC1(C)CCCO1. The number of carbonyl (C=O) groups is 1. The van der Waals surface area contributed by atoms with Crippen molar-refractivity contribution in [3.63, 3.8) is 0 Å². The molecule has 0 aliphatic carbocycles. The van der Waals surface area contributed by atoms with Gasteiger partial charge in [-0.25, -0.2) is 0 Å². The Morgan fingerprint density at radius 1 is 1.40 bits per heavy atom. The lowest BCUT2D eigenvalue weighted by atomic mass is 10.0. The van der Waals surface area contributed by atoms with E-state index in [2.05, 4.69) is 24.5 Å². The van der Waals surface area contributed by atoms with Crippen LogP contribution in [-0.2, 0) is 4.74 Å². The van der Waals surface area contributed by atoms with E-state index < -0.39 is 0 Å². The Morgan fingerprint density at radius 2 is 2.20 bits per heavy atom. The third kappa shape index (κ3) is 3.73. The van der Waals surface area contributed by atoms with Crippen molar-refractivity contribution >= 4 is 11.6 Å². The van der Waals surface area contributed by atoms with Gasteiger partial charge in [0.1, 0.15) is 0 Å². The van der Waals surface area contributed by atoms with Crippen LogP contribution in [0.25, 0.3) is 0 Å². The molecular weight excluding hydrogens is 252 g/mol. The summed E-state index contributed by atoms with van der Waals surface area (Å²) < 4.78 is 5.69. The highest BCUT2D eigenvalue weighted by molar-refractivity contribution is 5.99. The molecule has 0 bridgehead atoms. The van der Waals surface area contributed by atoms with Gasteiger partial charge >= 0.3 is 0 Å². The van der Waals surface area contributed by atoms with Crippen LogP contribution in [0.2, 0.25) is 0 Å². The van der Waals surface area contributed by atoms with Gasteiger partial charge in [-0.05, 0) is 38.3 Å². The normalized spacial score (nSPS) is 21.7. The van der Waals surface area contributed by atoms with E-state index in [-0.39, 0.29) is 11.5 Å². The van der Waals surface area contributed by atoms with Crippen LogP contribution in [0.15, 0.2) is 24.3 Å². The number of ether oxygens (including phenoxy) is 1. The van der Waals surface area contributed by atoms with E-state index >= 15 is 0 Å². The van der Waals surface area contributed by atoms with Gasteiger partial charge in [0, 0.05) is 25.4 Å². The van der Waals surface area contributed by atoms with E-state index in [4.69, 9.17) is 4.74 Å². The minimum absolute atomic E-state index is 0.0408. The highest BCUT2D eigenvalue weighted by atomic mass is 16.5. The molecule has 1 atom stereocenters. The third-order valence-corrected chi connectivity index (χ3v) is 3.66. The molecule has 0 spiro atoms. The molecule has 1 aliphatic heterocycles. The van der Waals surface area contributed by atoms with Crippen LogP contribution in [0, 0.1) is 0 Å². The summed E-state index contributed by atoms with van der Waals surface area (Å²) in [4.78, 5) is 12.3. The number of benzene rings is 1. The zero-order valence-corrected chi connectivity index (χ0v) is 12.4. The highest BCUT2D eigenvalue weighted by Crippen LogP contribution is 2.24. The molecule has 1 unspecified atom stereocenters. The molecule has 1 heterocycles. The zero-order valence-electron chi connectivity index (χ0n) is 12.4. The molecule has 0 aromatic heterocycles. The topological polar surface area (TPSA) is 50.4 Å². The fraction of sp³-hybridized carbons (Fsp3) is 0.562. The maximum absolute atomic E-state index is 12.3. The van der Waals surface area contributed by atoms with Crippen LogP contribution in [0.5, 0.6) is 0 Å². The van der Waals surface area contributed by atoms with Crippen molar-refractivity contribution in [3.8, 4) is 0 Å². The van der Waals surface area contributed by atoms with Crippen molar-refractivity contribution in [2.24, 2.45) is 0 Å². The molecule has 110 valence electrons. The summed E-state index contributed by atoms with van der Waals surface area (Å²) in [6.45, 7) is 6.38. The van der Waals surface area contributed by atoms with Crippen molar-refractivity contribution < 1.29 is 9.53 Å². The minimum atomic E-state index is -0.207. The highest BCUT2D eigenvalue weighted by Gasteiger charge is 2.30. The molecule has 20 heavy (non-hydrogen) atoms. The lowest BCUT2D eigenvalue weighted by Gasteiger charge is -2.23. The number of anilines is 1. The van der Waals surface area contributed by atoms with Gasteiger partial charge < -0.3 is 15.4 Å². The first-order chi connectivity index (χ1) is 9.64. The van der Waals surface area contributed by atoms with E-state index in [1.165, 1.54) is 0 Å². The van der Waals surface area contributed by atoms with Crippen LogP contribution >= 0.6 is 0 Å². The van der Waals surface area contributed by atoms with Crippen molar-refractivity contribution in [2.45, 2.75) is 38.7 Å². The summed E-state index contributed by atoms with van der Waals surface area (Å²) >= 11 is 0. The summed E-state index contributed by atoms with van der Waals surface area (Å²) in [5.41, 5.74) is 1.38. The quantitative estimate of drug-likeness (QED) is 0.840. The van der Waals surface area contributed by atoms with E-state index in [9.17, 15) is 4.79 Å². The molecule has 0 saturated carbocycles. The summed E-state index contributed by atoms with van der Waals surface area (Å²) in [6, 6.07) is 7.62. The molecule has 1 aromatic rings. The van der Waals surface area contributed by atoms with Crippen LogP contribution in [0.1, 0.15) is 43.5 Å². The molecule has 1 aliphatic rings. The Kier molecular flexibility index (Phi) is 5.01. The summed E-state index contributed by atoms with van der Waals surface area (Å²) in [6.07, 6.45) is 3.10. The Bertz CT molecular complexity index is 454.